The normalized spacial score (nSPS) is 10.2. The summed E-state index contributed by atoms with van der Waals surface area (Å²) in [5, 5.41) is 0. The molecular weight excluding hydrogens is 156 g/mol. The van der Waals surface area contributed by atoms with Gasteiger partial charge in [-0.25, -0.2) is 0 Å². The number of allylic oxidation sites excluding steroid dienone is 2. The van der Waals surface area contributed by atoms with Crippen LogP contribution >= 0.6 is 0 Å². The maximum absolute atomic E-state index is 10.9. The van der Waals surface area contributed by atoms with Gasteiger partial charge in [-0.05, 0) is 19.9 Å². The van der Waals surface area contributed by atoms with Gasteiger partial charge in [0.2, 0.25) is 0 Å². The lowest BCUT2D eigenvalue weighted by atomic mass is 10.1. The molecule has 0 bridgehead atoms. The van der Waals surface area contributed by atoms with E-state index in [1.807, 2.05) is 0 Å². The molecule has 0 atom stereocenters. The Bertz CT molecular complexity index is 226. The lowest BCUT2D eigenvalue weighted by molar-refractivity contribution is -0.128. The average molecular weight is 168 g/mol. The summed E-state index contributed by atoms with van der Waals surface area (Å²) < 4.78 is 0. The van der Waals surface area contributed by atoms with Crippen LogP contribution in [-0.4, -0.2) is 17.3 Å². The first-order valence-electron chi connectivity index (χ1n) is 3.73. The molecule has 0 aliphatic heterocycles. The molecule has 0 saturated carbocycles. The summed E-state index contributed by atoms with van der Waals surface area (Å²) in [5.41, 5.74) is 0. The summed E-state index contributed by atoms with van der Waals surface area (Å²) in [6.07, 6.45) is 2.61. The molecule has 0 aromatic carbocycles. The van der Waals surface area contributed by atoms with E-state index in [4.69, 9.17) is 0 Å². The van der Waals surface area contributed by atoms with Crippen LogP contribution in [0, 0.1) is 0 Å². The molecule has 0 heterocycles. The van der Waals surface area contributed by atoms with Crippen molar-refractivity contribution in [2.75, 3.05) is 0 Å². The van der Waals surface area contributed by atoms with Crippen molar-refractivity contribution >= 4 is 17.3 Å². The molecular formula is C9H12O3. The Morgan fingerprint density at radius 2 is 1.75 bits per heavy atom. The fourth-order valence-electron chi connectivity index (χ4n) is 0.779. The predicted molar refractivity (Wildman–Crippen MR) is 44.7 cm³/mol. The summed E-state index contributed by atoms with van der Waals surface area (Å²) in [6.45, 7) is 3.03. The Hall–Kier alpha value is -1.25. The van der Waals surface area contributed by atoms with Gasteiger partial charge in [-0.3, -0.25) is 14.4 Å². The molecule has 0 amide bonds. The van der Waals surface area contributed by atoms with Gasteiger partial charge in [-0.15, -0.1) is 0 Å². The predicted octanol–water partition coefficient (Wildman–Crippen LogP) is 1.07. The molecule has 66 valence electrons. The fourth-order valence-corrected chi connectivity index (χ4v) is 0.779. The van der Waals surface area contributed by atoms with Crippen LogP contribution in [0.4, 0.5) is 0 Å². The van der Waals surface area contributed by atoms with Crippen LogP contribution in [-0.2, 0) is 14.4 Å². The van der Waals surface area contributed by atoms with E-state index in [1.165, 1.54) is 13.0 Å². The van der Waals surface area contributed by atoms with Crippen LogP contribution in [0.15, 0.2) is 12.2 Å². The van der Waals surface area contributed by atoms with Crippen molar-refractivity contribution < 1.29 is 14.4 Å². The molecule has 0 aliphatic rings. The minimum atomic E-state index is -0.314. The monoisotopic (exact) mass is 168 g/mol. The summed E-state index contributed by atoms with van der Waals surface area (Å²) in [6, 6.07) is 0. The second-order valence-corrected chi connectivity index (χ2v) is 2.56. The third-order valence-corrected chi connectivity index (χ3v) is 1.17. The Morgan fingerprint density at radius 3 is 2.17 bits per heavy atom. The fraction of sp³-hybridized carbons (Fsp3) is 0.444. The van der Waals surface area contributed by atoms with Crippen molar-refractivity contribution in [1.29, 1.82) is 0 Å². The van der Waals surface area contributed by atoms with Gasteiger partial charge >= 0.3 is 0 Å². The minimum Gasteiger partial charge on any atom is -0.300 e. The SMILES string of the molecule is CC=CC(=O)CC(=O)CC(C)=O. The molecule has 0 fully saturated rings. The van der Waals surface area contributed by atoms with Gasteiger partial charge in [0.25, 0.3) is 0 Å². The molecule has 3 heteroatoms. The molecule has 12 heavy (non-hydrogen) atoms. The number of rotatable bonds is 5. The van der Waals surface area contributed by atoms with Gasteiger partial charge in [0.05, 0.1) is 12.8 Å². The smallest absolute Gasteiger partial charge is 0.162 e. The van der Waals surface area contributed by atoms with Crippen LogP contribution in [0.3, 0.4) is 0 Å². The third-order valence-electron chi connectivity index (χ3n) is 1.17. The third kappa shape index (κ3) is 5.53. The number of Topliss-reactive ketones (excluding diaryl/α,β-unsaturated/α-hetero) is 2. The highest BCUT2D eigenvalue weighted by Gasteiger charge is 2.08. The van der Waals surface area contributed by atoms with Crippen molar-refractivity contribution in [3.63, 3.8) is 0 Å². The van der Waals surface area contributed by atoms with Gasteiger partial charge in [-0.1, -0.05) is 6.08 Å². The first-order valence-corrected chi connectivity index (χ1v) is 3.73. The standard InChI is InChI=1S/C9H12O3/c1-3-4-8(11)6-9(12)5-7(2)10/h3-4H,5-6H2,1-2H3. The highest BCUT2D eigenvalue weighted by atomic mass is 16.2. The van der Waals surface area contributed by atoms with Crippen molar-refractivity contribution in [1.82, 2.24) is 0 Å². The van der Waals surface area contributed by atoms with Crippen LogP contribution in [0.25, 0.3) is 0 Å². The molecule has 0 aromatic heterocycles. The van der Waals surface area contributed by atoms with Crippen LogP contribution in [0.5, 0.6) is 0 Å². The Labute approximate surface area is 71.5 Å². The molecule has 0 aromatic rings. The van der Waals surface area contributed by atoms with Crippen molar-refractivity contribution in [3.05, 3.63) is 12.2 Å². The zero-order valence-corrected chi connectivity index (χ0v) is 7.29. The number of hydrogen-bond donors (Lipinski definition) is 0. The molecule has 0 aliphatic carbocycles. The van der Waals surface area contributed by atoms with E-state index in [0.717, 1.165) is 0 Å². The first-order chi connectivity index (χ1) is 5.56. The van der Waals surface area contributed by atoms with E-state index in [-0.39, 0.29) is 30.2 Å². The summed E-state index contributed by atoms with van der Waals surface area (Å²) in [4.78, 5) is 32.1. The van der Waals surface area contributed by atoms with E-state index in [9.17, 15) is 14.4 Å². The summed E-state index contributed by atoms with van der Waals surface area (Å²) in [7, 11) is 0. The van der Waals surface area contributed by atoms with Crippen molar-refractivity contribution in [3.8, 4) is 0 Å². The summed E-state index contributed by atoms with van der Waals surface area (Å²) >= 11 is 0. The number of carbonyl (C=O) groups is 3. The molecule has 0 rings (SSSR count). The van der Waals surface area contributed by atoms with Crippen LogP contribution < -0.4 is 0 Å². The summed E-state index contributed by atoms with van der Waals surface area (Å²) in [5.74, 6) is -0.761. The molecule has 0 N–H and O–H groups in total. The van der Waals surface area contributed by atoms with Crippen molar-refractivity contribution in [2.24, 2.45) is 0 Å². The number of carbonyl (C=O) groups excluding carboxylic acids is 3. The molecule has 3 nitrogen and oxygen atoms in total. The van der Waals surface area contributed by atoms with Gasteiger partial charge in [-0.2, -0.15) is 0 Å². The zero-order valence-electron chi connectivity index (χ0n) is 7.29. The Kier molecular flexibility index (Phi) is 4.84. The van der Waals surface area contributed by atoms with Gasteiger partial charge in [0.15, 0.2) is 5.78 Å². The van der Waals surface area contributed by atoms with Gasteiger partial charge < -0.3 is 0 Å². The maximum atomic E-state index is 10.9. The highest BCUT2D eigenvalue weighted by molar-refractivity contribution is 6.09. The molecule has 0 unspecified atom stereocenters. The Balaban J connectivity index is 3.85. The molecule has 0 spiro atoms. The highest BCUT2D eigenvalue weighted by Crippen LogP contribution is 1.93. The van der Waals surface area contributed by atoms with E-state index >= 15 is 0 Å². The van der Waals surface area contributed by atoms with E-state index in [1.54, 1.807) is 13.0 Å². The van der Waals surface area contributed by atoms with Crippen LogP contribution in [0.1, 0.15) is 26.7 Å². The Morgan fingerprint density at radius 1 is 1.17 bits per heavy atom. The van der Waals surface area contributed by atoms with Gasteiger partial charge in [0.1, 0.15) is 11.6 Å². The van der Waals surface area contributed by atoms with Gasteiger partial charge in [0, 0.05) is 0 Å². The lowest BCUT2D eigenvalue weighted by Crippen LogP contribution is -2.08. The lowest BCUT2D eigenvalue weighted by Gasteiger charge is -1.92. The van der Waals surface area contributed by atoms with E-state index in [0.29, 0.717) is 0 Å². The van der Waals surface area contributed by atoms with Crippen molar-refractivity contribution in [2.45, 2.75) is 26.7 Å². The van der Waals surface area contributed by atoms with E-state index in [2.05, 4.69) is 0 Å². The quantitative estimate of drug-likeness (QED) is 0.455. The number of hydrogen-bond acceptors (Lipinski definition) is 3. The molecule has 0 saturated heterocycles. The second-order valence-electron chi connectivity index (χ2n) is 2.56. The minimum absolute atomic E-state index is 0.136. The zero-order chi connectivity index (χ0) is 9.56. The second kappa shape index (κ2) is 5.41. The van der Waals surface area contributed by atoms with Crippen LogP contribution in [0.2, 0.25) is 0 Å². The maximum Gasteiger partial charge on any atom is 0.162 e. The topological polar surface area (TPSA) is 51.2 Å². The largest absolute Gasteiger partial charge is 0.300 e. The average Bonchev–Trinajstić information content (AvgIpc) is 1.84. The number of ketones is 3. The molecule has 0 radical (unpaired) electrons. The first kappa shape index (κ1) is 10.8. The van der Waals surface area contributed by atoms with E-state index < -0.39 is 0 Å².